The summed E-state index contributed by atoms with van der Waals surface area (Å²) in [6, 6.07) is 59.8. The van der Waals surface area contributed by atoms with Crippen molar-refractivity contribution >= 4 is 54.1 Å². The number of rotatable bonds is 4. The van der Waals surface area contributed by atoms with Crippen LogP contribution in [0.1, 0.15) is 0 Å². The Balaban J connectivity index is 1.21. The van der Waals surface area contributed by atoms with E-state index in [2.05, 4.69) is 144 Å². The molecule has 0 radical (unpaired) electrons. The van der Waals surface area contributed by atoms with E-state index in [9.17, 15) is 0 Å². The fourth-order valence-corrected chi connectivity index (χ4v) is 7.29. The molecule has 0 spiro atoms. The Morgan fingerprint density at radius 1 is 0.327 bits per heavy atom. The molecule has 0 aliphatic heterocycles. The first-order valence-corrected chi connectivity index (χ1v) is 16.5. The maximum Gasteiger partial charge on any atom is 0.164 e. The lowest BCUT2D eigenvalue weighted by Gasteiger charge is -2.12. The van der Waals surface area contributed by atoms with E-state index in [0.29, 0.717) is 17.5 Å². The minimum absolute atomic E-state index is 0.635. The van der Waals surface area contributed by atoms with E-state index in [4.69, 9.17) is 15.0 Å². The summed E-state index contributed by atoms with van der Waals surface area (Å²) in [7, 11) is 0. The first-order chi connectivity index (χ1) is 24.3. The molecule has 0 unspecified atom stereocenters. The molecule has 0 saturated heterocycles. The predicted molar refractivity (Wildman–Crippen MR) is 203 cm³/mol. The van der Waals surface area contributed by atoms with Crippen LogP contribution in [0.4, 0.5) is 0 Å². The van der Waals surface area contributed by atoms with Gasteiger partial charge in [0.15, 0.2) is 17.5 Å². The van der Waals surface area contributed by atoms with Gasteiger partial charge >= 0.3 is 0 Å². The highest BCUT2D eigenvalue weighted by atomic mass is 15.0. The molecule has 2 heterocycles. The zero-order chi connectivity index (χ0) is 32.3. The second kappa shape index (κ2) is 11.0. The third kappa shape index (κ3) is 4.49. The van der Waals surface area contributed by atoms with Gasteiger partial charge in [0.05, 0.1) is 11.0 Å². The maximum absolute atomic E-state index is 5.10. The van der Waals surface area contributed by atoms with Crippen LogP contribution in [0, 0.1) is 0 Å². The van der Waals surface area contributed by atoms with Crippen molar-refractivity contribution in [1.82, 2.24) is 19.5 Å². The quantitative estimate of drug-likeness (QED) is 0.196. The predicted octanol–water partition coefficient (Wildman–Crippen LogP) is 11.4. The number of hydrogen-bond donors (Lipinski definition) is 0. The third-order valence-electron chi connectivity index (χ3n) is 9.58. The molecule has 4 nitrogen and oxygen atoms in total. The van der Waals surface area contributed by atoms with E-state index in [1.165, 1.54) is 48.7 Å². The summed E-state index contributed by atoms with van der Waals surface area (Å²) in [4.78, 5) is 15.2. The van der Waals surface area contributed by atoms with Crippen molar-refractivity contribution in [2.24, 2.45) is 0 Å². The molecule has 0 atom stereocenters. The van der Waals surface area contributed by atoms with Gasteiger partial charge in [0.25, 0.3) is 0 Å². The zero-order valence-electron chi connectivity index (χ0n) is 26.5. The highest BCUT2D eigenvalue weighted by molar-refractivity contribution is 6.28. The first kappa shape index (κ1) is 27.5. The molecule has 0 fully saturated rings. The van der Waals surface area contributed by atoms with Gasteiger partial charge < -0.3 is 4.57 Å². The van der Waals surface area contributed by atoms with Crippen LogP contribution in [-0.2, 0) is 0 Å². The summed E-state index contributed by atoms with van der Waals surface area (Å²) in [6.45, 7) is 0. The molecule has 49 heavy (non-hydrogen) atoms. The van der Waals surface area contributed by atoms with E-state index in [0.717, 1.165) is 27.8 Å². The van der Waals surface area contributed by atoms with Gasteiger partial charge in [0.1, 0.15) is 0 Å². The summed E-state index contributed by atoms with van der Waals surface area (Å²) in [5.74, 6) is 1.93. The molecule has 0 N–H and O–H groups in total. The molecule has 0 saturated carbocycles. The summed E-state index contributed by atoms with van der Waals surface area (Å²) in [5, 5.41) is 9.83. The maximum atomic E-state index is 5.10. The van der Waals surface area contributed by atoms with Gasteiger partial charge in [0, 0.05) is 33.2 Å². The molecule has 0 amide bonds. The van der Waals surface area contributed by atoms with Crippen molar-refractivity contribution < 1.29 is 0 Å². The van der Waals surface area contributed by atoms with E-state index < -0.39 is 0 Å². The molecule has 0 bridgehead atoms. The lowest BCUT2D eigenvalue weighted by molar-refractivity contribution is 1.07. The van der Waals surface area contributed by atoms with Gasteiger partial charge in [-0.25, -0.2) is 15.0 Å². The van der Waals surface area contributed by atoms with Gasteiger partial charge in [0.2, 0.25) is 0 Å². The minimum Gasteiger partial charge on any atom is -0.309 e. The van der Waals surface area contributed by atoms with E-state index >= 15 is 0 Å². The standard InChI is InChI=1S/C45H28N4/c1-2-14-32(15-3-1)43-46-44(48-45(47-43)35-22-21-29-11-4-5-16-33(29)27-35)34-17-10-18-36(28-34)49-39-25-23-30-12-6-8-19-37(30)41(39)42-38-20-9-7-13-31(38)24-26-40(42)49/h1-28H. The summed E-state index contributed by atoms with van der Waals surface area (Å²) in [5.41, 5.74) is 6.22. The average Bonchev–Trinajstić information content (AvgIpc) is 3.53. The van der Waals surface area contributed by atoms with Crippen molar-refractivity contribution in [3.05, 3.63) is 170 Å². The molecule has 0 aliphatic rings. The molecule has 4 heteroatoms. The fourth-order valence-electron chi connectivity index (χ4n) is 7.29. The van der Waals surface area contributed by atoms with Crippen molar-refractivity contribution in [2.45, 2.75) is 0 Å². The molecular weight excluding hydrogens is 597 g/mol. The molecule has 10 aromatic rings. The smallest absolute Gasteiger partial charge is 0.164 e. The Morgan fingerprint density at radius 3 is 1.47 bits per heavy atom. The highest BCUT2D eigenvalue weighted by Gasteiger charge is 2.18. The van der Waals surface area contributed by atoms with Crippen molar-refractivity contribution in [3.8, 4) is 39.9 Å². The molecule has 10 rings (SSSR count). The van der Waals surface area contributed by atoms with Crippen LogP contribution in [-0.4, -0.2) is 19.5 Å². The van der Waals surface area contributed by atoms with Crippen LogP contribution >= 0.6 is 0 Å². The number of benzene rings is 8. The monoisotopic (exact) mass is 624 g/mol. The van der Waals surface area contributed by atoms with E-state index in [-0.39, 0.29) is 0 Å². The fraction of sp³-hybridized carbons (Fsp3) is 0. The molecular formula is C45H28N4. The summed E-state index contributed by atoms with van der Waals surface area (Å²) >= 11 is 0. The van der Waals surface area contributed by atoms with Crippen LogP contribution < -0.4 is 0 Å². The van der Waals surface area contributed by atoms with Crippen molar-refractivity contribution in [2.75, 3.05) is 0 Å². The summed E-state index contributed by atoms with van der Waals surface area (Å²) < 4.78 is 2.39. The van der Waals surface area contributed by atoms with Gasteiger partial charge in [-0.15, -0.1) is 0 Å². The topological polar surface area (TPSA) is 43.6 Å². The van der Waals surface area contributed by atoms with E-state index in [1.807, 2.05) is 30.3 Å². The number of aromatic nitrogens is 4. The van der Waals surface area contributed by atoms with Crippen LogP contribution in [0.5, 0.6) is 0 Å². The molecule has 228 valence electrons. The number of fused-ring (bicyclic) bond motifs is 8. The molecule has 2 aromatic heterocycles. The SMILES string of the molecule is c1ccc(-c2nc(-c3cccc(-n4c5ccc6ccccc6c5c5c6ccccc6ccc54)c3)nc(-c3ccc4ccccc4c3)n2)cc1. The zero-order valence-corrected chi connectivity index (χ0v) is 26.5. The second-order valence-corrected chi connectivity index (χ2v) is 12.5. The lowest BCUT2D eigenvalue weighted by atomic mass is 10.00. The van der Waals surface area contributed by atoms with Crippen LogP contribution in [0.2, 0.25) is 0 Å². The van der Waals surface area contributed by atoms with Crippen molar-refractivity contribution in [3.63, 3.8) is 0 Å². The normalized spacial score (nSPS) is 11.7. The van der Waals surface area contributed by atoms with Crippen LogP contribution in [0.3, 0.4) is 0 Å². The Labute approximate surface area is 282 Å². The second-order valence-electron chi connectivity index (χ2n) is 12.5. The Kier molecular flexibility index (Phi) is 6.15. The lowest BCUT2D eigenvalue weighted by Crippen LogP contribution is -2.01. The molecule has 0 aliphatic carbocycles. The van der Waals surface area contributed by atoms with Gasteiger partial charge in [-0.1, -0.05) is 140 Å². The van der Waals surface area contributed by atoms with Gasteiger partial charge in [-0.05, 0) is 62.6 Å². The minimum atomic E-state index is 0.635. The van der Waals surface area contributed by atoms with Gasteiger partial charge in [-0.2, -0.15) is 0 Å². The Hall–Kier alpha value is -6.65. The largest absolute Gasteiger partial charge is 0.309 e. The first-order valence-electron chi connectivity index (χ1n) is 16.5. The van der Waals surface area contributed by atoms with E-state index in [1.54, 1.807) is 0 Å². The Morgan fingerprint density at radius 2 is 0.816 bits per heavy atom. The summed E-state index contributed by atoms with van der Waals surface area (Å²) in [6.07, 6.45) is 0. The van der Waals surface area contributed by atoms with Crippen LogP contribution in [0.25, 0.3) is 94.0 Å². The molecule has 8 aromatic carbocycles. The third-order valence-corrected chi connectivity index (χ3v) is 9.58. The number of nitrogens with zero attached hydrogens (tertiary/aromatic N) is 4. The Bertz CT molecular complexity index is 2790. The number of hydrogen-bond acceptors (Lipinski definition) is 3. The highest BCUT2D eigenvalue weighted by Crippen LogP contribution is 2.41. The van der Waals surface area contributed by atoms with Crippen molar-refractivity contribution in [1.29, 1.82) is 0 Å². The van der Waals surface area contributed by atoms with Gasteiger partial charge in [-0.3, -0.25) is 0 Å². The van der Waals surface area contributed by atoms with Crippen LogP contribution in [0.15, 0.2) is 170 Å². The average molecular weight is 625 g/mol.